The van der Waals surface area contributed by atoms with Gasteiger partial charge in [-0.15, -0.1) is 0 Å². The molecule has 104 valence electrons. The highest BCUT2D eigenvalue weighted by atomic mass is 16.3. The molecule has 0 saturated carbocycles. The predicted octanol–water partition coefficient (Wildman–Crippen LogP) is 1.41. The van der Waals surface area contributed by atoms with E-state index in [9.17, 15) is 9.90 Å². The monoisotopic (exact) mass is 271 g/mol. The summed E-state index contributed by atoms with van der Waals surface area (Å²) >= 11 is 0. The number of nitrogens with two attached hydrogens (primary N) is 1. The van der Waals surface area contributed by atoms with E-state index in [1.165, 1.54) is 0 Å². The molecule has 1 aromatic heterocycles. The summed E-state index contributed by atoms with van der Waals surface area (Å²) in [5, 5.41) is 10.5. The molecule has 1 fully saturated rings. The van der Waals surface area contributed by atoms with Gasteiger partial charge in [0.05, 0.1) is 11.6 Å². The number of fused-ring (bicyclic) bond motifs is 1. The van der Waals surface area contributed by atoms with Crippen LogP contribution in [0.4, 0.5) is 5.69 Å². The Balaban J connectivity index is 1.95. The van der Waals surface area contributed by atoms with Crippen LogP contribution >= 0.6 is 0 Å². The molecule has 1 aromatic carbocycles. The second kappa shape index (κ2) is 5.09. The first-order valence-electron chi connectivity index (χ1n) is 6.78. The lowest BCUT2D eigenvalue weighted by molar-refractivity contribution is 0.0469. The van der Waals surface area contributed by atoms with Gasteiger partial charge >= 0.3 is 0 Å². The molecule has 0 bridgehead atoms. The summed E-state index contributed by atoms with van der Waals surface area (Å²) in [4.78, 5) is 18.5. The Morgan fingerprint density at radius 1 is 1.40 bits per heavy atom. The van der Waals surface area contributed by atoms with Crippen LogP contribution < -0.4 is 5.73 Å². The molecule has 1 aliphatic rings. The average molecular weight is 271 g/mol. The van der Waals surface area contributed by atoms with E-state index in [0.717, 1.165) is 18.2 Å². The van der Waals surface area contributed by atoms with Crippen LogP contribution in [0, 0.1) is 0 Å². The van der Waals surface area contributed by atoms with E-state index in [1.807, 2.05) is 24.3 Å². The predicted molar refractivity (Wildman–Crippen MR) is 77.3 cm³/mol. The number of aromatic nitrogens is 1. The number of hydrogen-bond acceptors (Lipinski definition) is 4. The van der Waals surface area contributed by atoms with Crippen LogP contribution in [0.5, 0.6) is 0 Å². The number of carbonyl (C=O) groups excluding carboxylic acids is 1. The number of nitrogens with zero attached hydrogens (tertiary/aromatic N) is 2. The number of nitrogen functional groups attached to an aromatic ring is 1. The second-order valence-corrected chi connectivity index (χ2v) is 5.16. The van der Waals surface area contributed by atoms with Gasteiger partial charge in [0, 0.05) is 24.2 Å². The summed E-state index contributed by atoms with van der Waals surface area (Å²) in [6.07, 6.45) is 1.12. The lowest BCUT2D eigenvalue weighted by atomic mass is 10.1. The highest BCUT2D eigenvalue weighted by Crippen LogP contribution is 2.21. The van der Waals surface area contributed by atoms with Crippen LogP contribution in [0.15, 0.2) is 30.3 Å². The highest BCUT2D eigenvalue weighted by Gasteiger charge is 2.24. The summed E-state index contributed by atoms with van der Waals surface area (Å²) in [6, 6.07) is 9.10. The molecule has 1 unspecified atom stereocenters. The zero-order chi connectivity index (χ0) is 14.1. The van der Waals surface area contributed by atoms with Crippen molar-refractivity contribution in [3.05, 3.63) is 36.0 Å². The number of amides is 1. The van der Waals surface area contributed by atoms with Gasteiger partial charge in [-0.25, -0.2) is 4.98 Å². The molecule has 5 nitrogen and oxygen atoms in total. The maximum Gasteiger partial charge on any atom is 0.272 e. The van der Waals surface area contributed by atoms with Crippen molar-refractivity contribution in [2.24, 2.45) is 0 Å². The van der Waals surface area contributed by atoms with Crippen LogP contribution in [0.1, 0.15) is 23.3 Å². The van der Waals surface area contributed by atoms with E-state index < -0.39 is 6.10 Å². The molecule has 1 amide bonds. The minimum Gasteiger partial charge on any atom is -0.398 e. The Morgan fingerprint density at radius 2 is 2.20 bits per heavy atom. The number of hydrogen-bond donors (Lipinski definition) is 2. The van der Waals surface area contributed by atoms with Gasteiger partial charge in [-0.2, -0.15) is 0 Å². The minimum atomic E-state index is -0.439. The van der Waals surface area contributed by atoms with Crippen molar-refractivity contribution in [2.45, 2.75) is 18.9 Å². The average Bonchev–Trinajstić information content (AvgIpc) is 2.46. The third-order valence-corrected chi connectivity index (χ3v) is 3.65. The number of aliphatic hydroxyl groups excluding tert-OH is 1. The molecule has 3 rings (SSSR count). The van der Waals surface area contributed by atoms with Crippen LogP contribution in [0.3, 0.4) is 0 Å². The molecule has 2 aromatic rings. The van der Waals surface area contributed by atoms with E-state index in [0.29, 0.717) is 30.0 Å². The summed E-state index contributed by atoms with van der Waals surface area (Å²) in [5.41, 5.74) is 7.60. The quantitative estimate of drug-likeness (QED) is 0.822. The van der Waals surface area contributed by atoms with E-state index in [4.69, 9.17) is 5.73 Å². The summed E-state index contributed by atoms with van der Waals surface area (Å²) in [6.45, 7) is 1.03. The number of anilines is 1. The topological polar surface area (TPSA) is 79.5 Å². The number of pyridine rings is 1. The molecular weight excluding hydrogens is 254 g/mol. The fourth-order valence-electron chi connectivity index (χ4n) is 2.61. The maximum atomic E-state index is 12.4. The van der Waals surface area contributed by atoms with E-state index >= 15 is 0 Å². The first-order valence-corrected chi connectivity index (χ1v) is 6.78. The Morgan fingerprint density at radius 3 is 3.00 bits per heavy atom. The van der Waals surface area contributed by atoms with Gasteiger partial charge in [0.15, 0.2) is 0 Å². The van der Waals surface area contributed by atoms with E-state index in [-0.39, 0.29) is 5.91 Å². The standard InChI is InChI=1S/C15H17N3O2/c16-12-8-14(17-13-6-2-1-5-11(12)13)15(20)18-7-3-4-10(19)9-18/h1-2,5-6,8,10,19H,3-4,7,9H2,(H2,16,17). The number of piperidine rings is 1. The lowest BCUT2D eigenvalue weighted by Gasteiger charge is -2.29. The zero-order valence-electron chi connectivity index (χ0n) is 11.1. The largest absolute Gasteiger partial charge is 0.398 e. The minimum absolute atomic E-state index is 0.166. The summed E-state index contributed by atoms with van der Waals surface area (Å²) in [5.74, 6) is -0.166. The Labute approximate surface area is 117 Å². The number of aliphatic hydroxyl groups is 1. The van der Waals surface area contributed by atoms with Crippen molar-refractivity contribution in [3.8, 4) is 0 Å². The second-order valence-electron chi connectivity index (χ2n) is 5.16. The smallest absolute Gasteiger partial charge is 0.272 e. The Bertz CT molecular complexity index is 657. The lowest BCUT2D eigenvalue weighted by Crippen LogP contribution is -2.42. The molecule has 5 heteroatoms. The summed E-state index contributed by atoms with van der Waals surface area (Å²) in [7, 11) is 0. The van der Waals surface area contributed by atoms with Gasteiger partial charge in [-0.1, -0.05) is 18.2 Å². The van der Waals surface area contributed by atoms with Crippen molar-refractivity contribution in [2.75, 3.05) is 18.8 Å². The molecule has 0 aliphatic carbocycles. The van der Waals surface area contributed by atoms with E-state index in [2.05, 4.69) is 4.98 Å². The normalized spacial score (nSPS) is 19.2. The zero-order valence-corrected chi connectivity index (χ0v) is 11.1. The molecular formula is C15H17N3O2. The first kappa shape index (κ1) is 12.9. The van der Waals surface area contributed by atoms with Crippen LogP contribution in [-0.2, 0) is 0 Å². The van der Waals surface area contributed by atoms with Gasteiger partial charge in [0.25, 0.3) is 5.91 Å². The number of rotatable bonds is 1. The van der Waals surface area contributed by atoms with Crippen molar-refractivity contribution < 1.29 is 9.90 Å². The van der Waals surface area contributed by atoms with Gasteiger partial charge < -0.3 is 15.7 Å². The third kappa shape index (κ3) is 2.32. The van der Waals surface area contributed by atoms with Gasteiger partial charge in [0.1, 0.15) is 5.69 Å². The first-order chi connectivity index (χ1) is 9.65. The number of likely N-dealkylation sites (tertiary alicyclic amines) is 1. The number of β-amino-alcohol motifs (C(OH)–C–C–N with tert-alkyl or cyclic N) is 1. The highest BCUT2D eigenvalue weighted by molar-refractivity contribution is 5.99. The van der Waals surface area contributed by atoms with Crippen molar-refractivity contribution in [1.29, 1.82) is 0 Å². The van der Waals surface area contributed by atoms with Gasteiger partial charge in [-0.3, -0.25) is 4.79 Å². The Kier molecular flexibility index (Phi) is 3.28. The van der Waals surface area contributed by atoms with E-state index in [1.54, 1.807) is 11.0 Å². The Hall–Kier alpha value is -2.14. The van der Waals surface area contributed by atoms with Gasteiger partial charge in [-0.05, 0) is 25.0 Å². The third-order valence-electron chi connectivity index (χ3n) is 3.65. The number of para-hydroxylation sites is 1. The molecule has 2 heterocycles. The van der Waals surface area contributed by atoms with Crippen molar-refractivity contribution in [1.82, 2.24) is 9.88 Å². The summed E-state index contributed by atoms with van der Waals surface area (Å²) < 4.78 is 0. The van der Waals surface area contributed by atoms with Crippen molar-refractivity contribution >= 4 is 22.5 Å². The molecule has 1 aliphatic heterocycles. The number of benzene rings is 1. The van der Waals surface area contributed by atoms with Crippen LogP contribution in [-0.4, -0.2) is 40.1 Å². The fraction of sp³-hybridized carbons (Fsp3) is 0.333. The molecule has 0 spiro atoms. The molecule has 20 heavy (non-hydrogen) atoms. The maximum absolute atomic E-state index is 12.4. The molecule has 0 radical (unpaired) electrons. The SMILES string of the molecule is Nc1cc(C(=O)N2CCCC(O)C2)nc2ccccc12. The van der Waals surface area contributed by atoms with Crippen LogP contribution in [0.2, 0.25) is 0 Å². The van der Waals surface area contributed by atoms with Crippen molar-refractivity contribution in [3.63, 3.8) is 0 Å². The van der Waals surface area contributed by atoms with Crippen LogP contribution in [0.25, 0.3) is 10.9 Å². The fourth-order valence-corrected chi connectivity index (χ4v) is 2.61. The molecule has 3 N–H and O–H groups in total. The molecule has 1 atom stereocenters. The molecule has 1 saturated heterocycles. The van der Waals surface area contributed by atoms with Gasteiger partial charge in [0.2, 0.25) is 0 Å². The number of carbonyl (C=O) groups is 1.